The number of hydrogen-bond donors (Lipinski definition) is 0. The van der Waals surface area contributed by atoms with Crippen molar-refractivity contribution in [1.29, 1.82) is 0 Å². The summed E-state index contributed by atoms with van der Waals surface area (Å²) in [7, 11) is 1.37. The summed E-state index contributed by atoms with van der Waals surface area (Å²) in [6, 6.07) is 15.4. The van der Waals surface area contributed by atoms with Gasteiger partial charge in [0, 0.05) is 5.56 Å². The van der Waals surface area contributed by atoms with Crippen molar-refractivity contribution in [1.82, 2.24) is 10.1 Å². The van der Waals surface area contributed by atoms with E-state index in [0.717, 1.165) is 11.1 Å². The summed E-state index contributed by atoms with van der Waals surface area (Å²) >= 11 is 0. The van der Waals surface area contributed by atoms with E-state index >= 15 is 0 Å². The molecular formula is C21H22N2O4. The summed E-state index contributed by atoms with van der Waals surface area (Å²) < 4.78 is 15.6. The highest BCUT2D eigenvalue weighted by Gasteiger charge is 2.10. The molecule has 0 fully saturated rings. The van der Waals surface area contributed by atoms with Crippen LogP contribution in [-0.2, 0) is 22.6 Å². The Morgan fingerprint density at radius 2 is 1.78 bits per heavy atom. The molecular weight excluding hydrogens is 344 g/mol. The summed E-state index contributed by atoms with van der Waals surface area (Å²) in [4.78, 5) is 15.6. The minimum absolute atomic E-state index is 0.174. The standard InChI is InChI=1S/C21H22N2O4/c1-14(2)16-6-8-17(9-7-16)21-22-19(27-23-21)13-26-18-10-4-15(5-11-18)12-20(24)25-3/h4-11,14H,12-13H2,1-3H3. The molecule has 0 spiro atoms. The van der Waals surface area contributed by atoms with Gasteiger partial charge in [-0.2, -0.15) is 4.98 Å². The number of aromatic nitrogens is 2. The number of nitrogens with zero attached hydrogens (tertiary/aromatic N) is 2. The predicted octanol–water partition coefficient (Wildman–Crippen LogP) is 4.15. The van der Waals surface area contributed by atoms with Gasteiger partial charge in [-0.3, -0.25) is 4.79 Å². The third kappa shape index (κ3) is 4.94. The molecule has 2 aromatic carbocycles. The molecule has 0 saturated heterocycles. The van der Waals surface area contributed by atoms with E-state index in [1.54, 1.807) is 12.1 Å². The lowest BCUT2D eigenvalue weighted by Crippen LogP contribution is -2.04. The van der Waals surface area contributed by atoms with Crippen molar-refractivity contribution in [3.05, 3.63) is 65.5 Å². The minimum Gasteiger partial charge on any atom is -0.484 e. The quantitative estimate of drug-likeness (QED) is 0.585. The van der Waals surface area contributed by atoms with E-state index in [1.807, 2.05) is 24.3 Å². The Labute approximate surface area is 158 Å². The molecule has 6 heteroatoms. The maximum absolute atomic E-state index is 11.3. The van der Waals surface area contributed by atoms with Crippen molar-refractivity contribution in [2.75, 3.05) is 7.11 Å². The van der Waals surface area contributed by atoms with Crippen LogP contribution in [0.3, 0.4) is 0 Å². The number of ether oxygens (including phenoxy) is 2. The lowest BCUT2D eigenvalue weighted by molar-refractivity contribution is -0.139. The maximum Gasteiger partial charge on any atom is 0.309 e. The van der Waals surface area contributed by atoms with Gasteiger partial charge in [-0.25, -0.2) is 0 Å². The Kier molecular flexibility index (Phi) is 5.86. The third-order valence-corrected chi connectivity index (χ3v) is 4.17. The van der Waals surface area contributed by atoms with Gasteiger partial charge in [-0.15, -0.1) is 0 Å². The molecule has 0 radical (unpaired) electrons. The Bertz CT molecular complexity index is 883. The monoisotopic (exact) mass is 366 g/mol. The average molecular weight is 366 g/mol. The zero-order valence-corrected chi connectivity index (χ0v) is 15.6. The number of esters is 1. The van der Waals surface area contributed by atoms with E-state index in [1.165, 1.54) is 12.7 Å². The van der Waals surface area contributed by atoms with Crippen LogP contribution in [0.5, 0.6) is 5.75 Å². The van der Waals surface area contributed by atoms with Crippen LogP contribution in [0.4, 0.5) is 0 Å². The molecule has 0 N–H and O–H groups in total. The van der Waals surface area contributed by atoms with Crippen molar-refractivity contribution in [2.24, 2.45) is 0 Å². The molecule has 6 nitrogen and oxygen atoms in total. The van der Waals surface area contributed by atoms with E-state index in [4.69, 9.17) is 9.26 Å². The largest absolute Gasteiger partial charge is 0.484 e. The Morgan fingerprint density at radius 1 is 1.07 bits per heavy atom. The second-order valence-electron chi connectivity index (χ2n) is 6.47. The van der Waals surface area contributed by atoms with Gasteiger partial charge in [0.25, 0.3) is 5.89 Å². The molecule has 3 aromatic rings. The predicted molar refractivity (Wildman–Crippen MR) is 100 cm³/mol. The first kappa shape index (κ1) is 18.6. The normalized spacial score (nSPS) is 10.8. The van der Waals surface area contributed by atoms with Crippen LogP contribution in [0, 0.1) is 0 Å². The summed E-state index contributed by atoms with van der Waals surface area (Å²) in [5.74, 6) is 1.80. The highest BCUT2D eigenvalue weighted by atomic mass is 16.5. The Morgan fingerprint density at radius 3 is 2.41 bits per heavy atom. The van der Waals surface area contributed by atoms with Crippen LogP contribution < -0.4 is 4.74 Å². The average Bonchev–Trinajstić information content (AvgIpc) is 3.16. The summed E-state index contributed by atoms with van der Waals surface area (Å²) in [6.07, 6.45) is 0.236. The van der Waals surface area contributed by atoms with Crippen molar-refractivity contribution in [2.45, 2.75) is 32.8 Å². The molecule has 1 aromatic heterocycles. The van der Waals surface area contributed by atoms with Crippen LogP contribution in [0.1, 0.15) is 36.8 Å². The molecule has 1 heterocycles. The van der Waals surface area contributed by atoms with Crippen LogP contribution >= 0.6 is 0 Å². The first-order valence-electron chi connectivity index (χ1n) is 8.76. The lowest BCUT2D eigenvalue weighted by atomic mass is 10.0. The van der Waals surface area contributed by atoms with Gasteiger partial charge in [-0.1, -0.05) is 55.4 Å². The summed E-state index contributed by atoms with van der Waals surface area (Å²) in [5.41, 5.74) is 3.03. The summed E-state index contributed by atoms with van der Waals surface area (Å²) in [6.45, 7) is 4.48. The van der Waals surface area contributed by atoms with Crippen molar-refractivity contribution < 1.29 is 18.8 Å². The second kappa shape index (κ2) is 8.49. The molecule has 0 unspecified atom stereocenters. The van der Waals surface area contributed by atoms with Crippen molar-refractivity contribution >= 4 is 5.97 Å². The number of rotatable bonds is 7. The fraction of sp³-hybridized carbons (Fsp3) is 0.286. The smallest absolute Gasteiger partial charge is 0.309 e. The zero-order chi connectivity index (χ0) is 19.2. The molecule has 0 aliphatic rings. The van der Waals surface area contributed by atoms with Gasteiger partial charge in [0.1, 0.15) is 5.75 Å². The highest BCUT2D eigenvalue weighted by Crippen LogP contribution is 2.21. The Balaban J connectivity index is 1.58. The lowest BCUT2D eigenvalue weighted by Gasteiger charge is -2.05. The van der Waals surface area contributed by atoms with Gasteiger partial charge in [0.05, 0.1) is 13.5 Å². The minimum atomic E-state index is -0.275. The molecule has 0 aliphatic carbocycles. The zero-order valence-electron chi connectivity index (χ0n) is 15.6. The van der Waals surface area contributed by atoms with Crippen LogP contribution in [0.25, 0.3) is 11.4 Å². The molecule has 0 amide bonds. The van der Waals surface area contributed by atoms with Crippen LogP contribution in [0.15, 0.2) is 53.1 Å². The van der Waals surface area contributed by atoms with Gasteiger partial charge < -0.3 is 14.0 Å². The molecule has 0 bridgehead atoms. The second-order valence-corrected chi connectivity index (χ2v) is 6.47. The number of carbonyl (C=O) groups is 1. The van der Waals surface area contributed by atoms with Gasteiger partial charge in [0.15, 0.2) is 6.61 Å². The SMILES string of the molecule is COC(=O)Cc1ccc(OCc2nc(-c3ccc(C(C)C)cc3)no2)cc1. The Hall–Kier alpha value is -3.15. The van der Waals surface area contributed by atoms with Crippen LogP contribution in [0.2, 0.25) is 0 Å². The number of benzene rings is 2. The van der Waals surface area contributed by atoms with E-state index in [0.29, 0.717) is 23.4 Å². The number of carbonyl (C=O) groups excluding carboxylic acids is 1. The third-order valence-electron chi connectivity index (χ3n) is 4.17. The summed E-state index contributed by atoms with van der Waals surface area (Å²) in [5, 5.41) is 4.01. The maximum atomic E-state index is 11.3. The fourth-order valence-electron chi connectivity index (χ4n) is 2.54. The fourth-order valence-corrected chi connectivity index (χ4v) is 2.54. The highest BCUT2D eigenvalue weighted by molar-refractivity contribution is 5.72. The molecule has 27 heavy (non-hydrogen) atoms. The van der Waals surface area contributed by atoms with Crippen LogP contribution in [-0.4, -0.2) is 23.2 Å². The van der Waals surface area contributed by atoms with E-state index in [2.05, 4.69) is 40.9 Å². The first-order valence-corrected chi connectivity index (χ1v) is 8.76. The molecule has 0 saturated carbocycles. The van der Waals surface area contributed by atoms with Gasteiger partial charge >= 0.3 is 5.97 Å². The van der Waals surface area contributed by atoms with Crippen molar-refractivity contribution in [3.63, 3.8) is 0 Å². The molecule has 3 rings (SSSR count). The van der Waals surface area contributed by atoms with E-state index in [9.17, 15) is 4.79 Å². The van der Waals surface area contributed by atoms with Gasteiger partial charge in [-0.05, 0) is 29.2 Å². The molecule has 0 aliphatic heterocycles. The van der Waals surface area contributed by atoms with Gasteiger partial charge in [0.2, 0.25) is 5.82 Å². The molecule has 140 valence electrons. The number of methoxy groups -OCH3 is 1. The topological polar surface area (TPSA) is 74.5 Å². The van der Waals surface area contributed by atoms with E-state index < -0.39 is 0 Å². The number of hydrogen-bond acceptors (Lipinski definition) is 6. The first-order chi connectivity index (χ1) is 13.0. The van der Waals surface area contributed by atoms with Crippen molar-refractivity contribution in [3.8, 4) is 17.1 Å². The molecule has 0 atom stereocenters. The van der Waals surface area contributed by atoms with E-state index in [-0.39, 0.29) is 19.0 Å².